The van der Waals surface area contributed by atoms with Gasteiger partial charge in [-0.3, -0.25) is 9.36 Å². The van der Waals surface area contributed by atoms with Gasteiger partial charge in [0.05, 0.1) is 11.0 Å². The Balaban J connectivity index is 2.18. The molecule has 24 heavy (non-hydrogen) atoms. The summed E-state index contributed by atoms with van der Waals surface area (Å²) in [5, 5.41) is 2.25. The third-order valence-corrected chi connectivity index (χ3v) is 4.62. The minimum absolute atomic E-state index is 0.0418. The molecule has 0 atom stereocenters. The average molecular weight is 313 g/mol. The SMILES string of the molecule is CC(=O)n1c2cc(C)ccc2c2cccc(-c3ccc(C)cc3)c21. The summed E-state index contributed by atoms with van der Waals surface area (Å²) in [5.41, 5.74) is 6.59. The second kappa shape index (κ2) is 5.34. The predicted molar refractivity (Wildman–Crippen MR) is 101 cm³/mol. The molecule has 0 aliphatic rings. The maximum Gasteiger partial charge on any atom is 0.228 e. The van der Waals surface area contributed by atoms with Crippen LogP contribution in [-0.4, -0.2) is 10.5 Å². The molecule has 4 aromatic rings. The largest absolute Gasteiger partial charge is 0.279 e. The van der Waals surface area contributed by atoms with Gasteiger partial charge < -0.3 is 0 Å². The van der Waals surface area contributed by atoms with E-state index in [1.54, 1.807) is 6.92 Å². The van der Waals surface area contributed by atoms with Gasteiger partial charge in [-0.05, 0) is 31.0 Å². The topological polar surface area (TPSA) is 22.0 Å². The molecule has 2 nitrogen and oxygen atoms in total. The van der Waals surface area contributed by atoms with Crippen LogP contribution >= 0.6 is 0 Å². The van der Waals surface area contributed by atoms with Crippen LogP contribution in [-0.2, 0) is 0 Å². The van der Waals surface area contributed by atoms with Gasteiger partial charge in [-0.1, -0.05) is 60.2 Å². The van der Waals surface area contributed by atoms with Gasteiger partial charge in [0.25, 0.3) is 0 Å². The normalized spacial score (nSPS) is 11.3. The summed E-state index contributed by atoms with van der Waals surface area (Å²) >= 11 is 0. The van der Waals surface area contributed by atoms with Crippen molar-refractivity contribution in [1.82, 2.24) is 4.57 Å². The zero-order chi connectivity index (χ0) is 16.8. The number of rotatable bonds is 1. The second-order valence-corrected chi connectivity index (χ2v) is 6.44. The molecule has 2 heteroatoms. The van der Waals surface area contributed by atoms with Crippen molar-refractivity contribution in [2.45, 2.75) is 20.8 Å². The van der Waals surface area contributed by atoms with Gasteiger partial charge in [-0.15, -0.1) is 0 Å². The zero-order valence-electron chi connectivity index (χ0n) is 14.1. The van der Waals surface area contributed by atoms with Crippen LogP contribution < -0.4 is 0 Å². The van der Waals surface area contributed by atoms with Gasteiger partial charge in [0.2, 0.25) is 5.91 Å². The van der Waals surface area contributed by atoms with Crippen LogP contribution in [0, 0.1) is 13.8 Å². The molecule has 0 amide bonds. The number of aromatic nitrogens is 1. The fourth-order valence-electron chi connectivity index (χ4n) is 3.47. The van der Waals surface area contributed by atoms with Crippen molar-refractivity contribution in [3.63, 3.8) is 0 Å². The van der Waals surface area contributed by atoms with Crippen molar-refractivity contribution < 1.29 is 4.79 Å². The molecule has 0 aliphatic heterocycles. The fraction of sp³-hybridized carbons (Fsp3) is 0.136. The maximum absolute atomic E-state index is 12.4. The Morgan fingerprint density at radius 3 is 2.25 bits per heavy atom. The molecule has 0 saturated carbocycles. The minimum Gasteiger partial charge on any atom is -0.279 e. The van der Waals surface area contributed by atoms with Crippen molar-refractivity contribution in [2.75, 3.05) is 0 Å². The molecule has 4 rings (SSSR count). The number of benzene rings is 3. The summed E-state index contributed by atoms with van der Waals surface area (Å²) < 4.78 is 1.85. The van der Waals surface area contributed by atoms with E-state index in [4.69, 9.17) is 0 Å². The Morgan fingerprint density at radius 1 is 0.833 bits per heavy atom. The Bertz CT molecular complexity index is 1080. The second-order valence-electron chi connectivity index (χ2n) is 6.44. The van der Waals surface area contributed by atoms with Crippen LogP contribution in [0.15, 0.2) is 60.7 Å². The molecule has 0 radical (unpaired) electrons. The van der Waals surface area contributed by atoms with E-state index in [2.05, 4.69) is 74.5 Å². The van der Waals surface area contributed by atoms with Crippen LogP contribution in [0.3, 0.4) is 0 Å². The number of carbonyl (C=O) groups excluding carboxylic acids is 1. The molecule has 1 heterocycles. The lowest BCUT2D eigenvalue weighted by molar-refractivity contribution is 0.0946. The molecule has 3 aromatic carbocycles. The molecule has 0 fully saturated rings. The Morgan fingerprint density at radius 2 is 1.54 bits per heavy atom. The van der Waals surface area contributed by atoms with E-state index in [0.29, 0.717) is 0 Å². The summed E-state index contributed by atoms with van der Waals surface area (Å²) in [7, 11) is 0. The summed E-state index contributed by atoms with van der Waals surface area (Å²) in [6.07, 6.45) is 0. The molecular formula is C22H19NO. The molecule has 0 bridgehead atoms. The highest BCUT2D eigenvalue weighted by molar-refractivity contribution is 6.17. The van der Waals surface area contributed by atoms with E-state index >= 15 is 0 Å². The molecule has 0 spiro atoms. The van der Waals surface area contributed by atoms with E-state index in [-0.39, 0.29) is 5.91 Å². The van der Waals surface area contributed by atoms with E-state index in [0.717, 1.165) is 38.5 Å². The van der Waals surface area contributed by atoms with Crippen molar-refractivity contribution >= 4 is 27.7 Å². The third kappa shape index (κ3) is 2.15. The number of fused-ring (bicyclic) bond motifs is 3. The van der Waals surface area contributed by atoms with Gasteiger partial charge in [0.1, 0.15) is 0 Å². The predicted octanol–water partition coefficient (Wildman–Crippen LogP) is 5.74. The van der Waals surface area contributed by atoms with Crippen LogP contribution in [0.2, 0.25) is 0 Å². The van der Waals surface area contributed by atoms with Gasteiger partial charge in [0.15, 0.2) is 0 Å². The van der Waals surface area contributed by atoms with E-state index in [1.807, 2.05) is 4.57 Å². The highest BCUT2D eigenvalue weighted by Crippen LogP contribution is 2.36. The Hall–Kier alpha value is -2.87. The molecule has 1 aromatic heterocycles. The molecule has 0 aliphatic carbocycles. The van der Waals surface area contributed by atoms with E-state index < -0.39 is 0 Å². The summed E-state index contributed by atoms with van der Waals surface area (Å²) in [6.45, 7) is 5.77. The zero-order valence-corrected chi connectivity index (χ0v) is 14.1. The first-order chi connectivity index (χ1) is 11.6. The lowest BCUT2D eigenvalue weighted by Gasteiger charge is -2.08. The minimum atomic E-state index is 0.0418. The first kappa shape index (κ1) is 14.7. The number of aryl methyl sites for hydroxylation is 2. The van der Waals surface area contributed by atoms with Crippen molar-refractivity contribution in [1.29, 1.82) is 0 Å². The van der Waals surface area contributed by atoms with E-state index in [9.17, 15) is 4.79 Å². The van der Waals surface area contributed by atoms with Gasteiger partial charge in [-0.2, -0.15) is 0 Å². The summed E-state index contributed by atoms with van der Waals surface area (Å²) in [4.78, 5) is 12.4. The third-order valence-electron chi connectivity index (χ3n) is 4.62. The number of nitrogens with zero attached hydrogens (tertiary/aromatic N) is 1. The van der Waals surface area contributed by atoms with Gasteiger partial charge in [0, 0.05) is 23.3 Å². The average Bonchev–Trinajstić information content (AvgIpc) is 2.89. The van der Waals surface area contributed by atoms with Crippen molar-refractivity contribution in [3.05, 3.63) is 71.8 Å². The first-order valence-corrected chi connectivity index (χ1v) is 8.18. The monoisotopic (exact) mass is 313 g/mol. The Labute approximate surface area is 141 Å². The van der Waals surface area contributed by atoms with Crippen LogP contribution in [0.25, 0.3) is 32.9 Å². The lowest BCUT2D eigenvalue weighted by atomic mass is 10.0. The Kier molecular flexibility index (Phi) is 3.27. The molecular weight excluding hydrogens is 294 g/mol. The highest BCUT2D eigenvalue weighted by atomic mass is 16.1. The molecule has 118 valence electrons. The van der Waals surface area contributed by atoms with Crippen LogP contribution in [0.1, 0.15) is 22.8 Å². The number of carbonyl (C=O) groups is 1. The molecule has 0 unspecified atom stereocenters. The quantitative estimate of drug-likeness (QED) is 0.439. The number of hydrogen-bond acceptors (Lipinski definition) is 1. The van der Waals surface area contributed by atoms with E-state index in [1.165, 1.54) is 5.56 Å². The van der Waals surface area contributed by atoms with Crippen molar-refractivity contribution in [3.8, 4) is 11.1 Å². The van der Waals surface area contributed by atoms with Crippen molar-refractivity contribution in [2.24, 2.45) is 0 Å². The summed E-state index contributed by atoms with van der Waals surface area (Å²) in [6, 6.07) is 21.0. The fourth-order valence-corrected chi connectivity index (χ4v) is 3.47. The molecule has 0 saturated heterocycles. The number of para-hydroxylation sites is 1. The van der Waals surface area contributed by atoms with Crippen LogP contribution in [0.5, 0.6) is 0 Å². The number of hydrogen-bond donors (Lipinski definition) is 0. The lowest BCUT2D eigenvalue weighted by Crippen LogP contribution is -2.05. The maximum atomic E-state index is 12.4. The van der Waals surface area contributed by atoms with Gasteiger partial charge in [-0.25, -0.2) is 0 Å². The highest BCUT2D eigenvalue weighted by Gasteiger charge is 2.17. The smallest absolute Gasteiger partial charge is 0.228 e. The van der Waals surface area contributed by atoms with Gasteiger partial charge >= 0.3 is 0 Å². The summed E-state index contributed by atoms with van der Waals surface area (Å²) in [5.74, 6) is 0.0418. The standard InChI is InChI=1S/C22H19NO/c1-14-7-10-17(11-8-14)18-5-4-6-20-19-12-9-15(2)13-21(19)23(16(3)24)22(18)20/h4-13H,1-3H3. The van der Waals surface area contributed by atoms with Crippen LogP contribution in [0.4, 0.5) is 0 Å². The molecule has 0 N–H and O–H groups in total. The first-order valence-electron chi connectivity index (χ1n) is 8.18.